The highest BCUT2D eigenvalue weighted by molar-refractivity contribution is 5.22. The first kappa shape index (κ1) is 13.0. The maximum absolute atomic E-state index is 5.81. The molecule has 1 heterocycles. The Morgan fingerprint density at radius 2 is 2.00 bits per heavy atom. The van der Waals surface area contributed by atoms with Gasteiger partial charge in [0.05, 0.1) is 6.10 Å². The van der Waals surface area contributed by atoms with Crippen LogP contribution in [0.3, 0.4) is 0 Å². The van der Waals surface area contributed by atoms with E-state index >= 15 is 0 Å². The summed E-state index contributed by atoms with van der Waals surface area (Å²) in [4.78, 5) is 4.19. The number of nitrogens with zero attached hydrogens (tertiary/aromatic N) is 1. The zero-order valence-corrected chi connectivity index (χ0v) is 10.6. The van der Waals surface area contributed by atoms with Crippen molar-refractivity contribution in [2.45, 2.75) is 46.3 Å². The molecule has 0 spiro atoms. The Kier molecular flexibility index (Phi) is 4.74. The Morgan fingerprint density at radius 1 is 1.31 bits per heavy atom. The molecule has 0 amide bonds. The number of ether oxygens (including phenoxy) is 1. The van der Waals surface area contributed by atoms with E-state index in [2.05, 4.69) is 25.8 Å². The first-order valence-corrected chi connectivity index (χ1v) is 5.87. The van der Waals surface area contributed by atoms with Crippen molar-refractivity contribution in [3.63, 3.8) is 0 Å². The summed E-state index contributed by atoms with van der Waals surface area (Å²) in [5.41, 5.74) is 6.87. The number of nitrogens with two attached hydrogens (primary N) is 1. The summed E-state index contributed by atoms with van der Waals surface area (Å²) >= 11 is 0. The maximum Gasteiger partial charge on any atom is 0.213 e. The van der Waals surface area contributed by atoms with Crippen molar-refractivity contribution in [2.75, 3.05) is 0 Å². The van der Waals surface area contributed by atoms with Gasteiger partial charge in [-0.3, -0.25) is 0 Å². The van der Waals surface area contributed by atoms with Crippen molar-refractivity contribution in [3.8, 4) is 5.88 Å². The van der Waals surface area contributed by atoms with E-state index in [-0.39, 0.29) is 12.1 Å². The Balaban J connectivity index is 2.63. The quantitative estimate of drug-likeness (QED) is 0.833. The largest absolute Gasteiger partial charge is 0.475 e. The molecule has 1 unspecified atom stereocenters. The molecule has 0 saturated carbocycles. The molecule has 1 rings (SSSR count). The fourth-order valence-corrected chi connectivity index (χ4v) is 1.69. The molecule has 0 radical (unpaired) electrons. The molecule has 0 saturated heterocycles. The maximum atomic E-state index is 5.81. The van der Waals surface area contributed by atoms with Gasteiger partial charge in [-0.15, -0.1) is 0 Å². The van der Waals surface area contributed by atoms with Gasteiger partial charge in [-0.2, -0.15) is 0 Å². The molecule has 16 heavy (non-hydrogen) atoms. The third-order valence-electron chi connectivity index (χ3n) is 2.41. The Hall–Kier alpha value is -1.09. The van der Waals surface area contributed by atoms with Crippen LogP contribution >= 0.6 is 0 Å². The lowest BCUT2D eigenvalue weighted by molar-refractivity contribution is 0.185. The summed E-state index contributed by atoms with van der Waals surface area (Å²) in [6.07, 6.45) is 2.97. The standard InChI is InChI=1S/C13H22N2O/c1-9(2)7-10(3)16-13-8-12(11(4)14)5-6-15-13/h5-6,8-11H,7,14H2,1-4H3/t10?,11-/m0/s1. The highest BCUT2D eigenvalue weighted by Crippen LogP contribution is 2.17. The van der Waals surface area contributed by atoms with Crippen molar-refractivity contribution in [3.05, 3.63) is 23.9 Å². The molecule has 2 N–H and O–H groups in total. The van der Waals surface area contributed by atoms with Crippen LogP contribution in [0.1, 0.15) is 45.7 Å². The predicted molar refractivity (Wildman–Crippen MR) is 66.4 cm³/mol. The predicted octanol–water partition coefficient (Wildman–Crippen LogP) is 2.91. The SMILES string of the molecule is CC(C)CC(C)Oc1cc([C@H](C)N)ccn1. The van der Waals surface area contributed by atoms with Gasteiger partial charge >= 0.3 is 0 Å². The molecule has 90 valence electrons. The highest BCUT2D eigenvalue weighted by Gasteiger charge is 2.08. The van der Waals surface area contributed by atoms with E-state index in [1.165, 1.54) is 0 Å². The van der Waals surface area contributed by atoms with Crippen molar-refractivity contribution in [1.82, 2.24) is 4.98 Å². The molecule has 0 aliphatic rings. The van der Waals surface area contributed by atoms with Gasteiger partial charge in [-0.05, 0) is 37.8 Å². The Morgan fingerprint density at radius 3 is 2.56 bits per heavy atom. The molecule has 0 bridgehead atoms. The van der Waals surface area contributed by atoms with Gasteiger partial charge in [0.25, 0.3) is 0 Å². The van der Waals surface area contributed by atoms with Gasteiger partial charge in [0.1, 0.15) is 0 Å². The minimum absolute atomic E-state index is 0.0192. The number of pyridine rings is 1. The molecule has 0 aromatic carbocycles. The van der Waals surface area contributed by atoms with Gasteiger partial charge in [0.2, 0.25) is 5.88 Å². The summed E-state index contributed by atoms with van der Waals surface area (Å²) in [5, 5.41) is 0. The van der Waals surface area contributed by atoms with Crippen LogP contribution in [0.25, 0.3) is 0 Å². The van der Waals surface area contributed by atoms with Gasteiger partial charge in [-0.1, -0.05) is 13.8 Å². The number of rotatable bonds is 5. The van der Waals surface area contributed by atoms with Crippen LogP contribution < -0.4 is 10.5 Å². The van der Waals surface area contributed by atoms with Gasteiger partial charge in [0, 0.05) is 18.3 Å². The minimum Gasteiger partial charge on any atom is -0.475 e. The summed E-state index contributed by atoms with van der Waals surface area (Å²) < 4.78 is 5.75. The molecule has 1 aromatic rings. The summed E-state index contributed by atoms with van der Waals surface area (Å²) in [6, 6.07) is 3.86. The van der Waals surface area contributed by atoms with Crippen molar-refractivity contribution < 1.29 is 4.74 Å². The van der Waals surface area contributed by atoms with Crippen LogP contribution in [0.4, 0.5) is 0 Å². The Bertz CT molecular complexity index is 323. The minimum atomic E-state index is 0.0192. The molecule has 3 nitrogen and oxygen atoms in total. The molecule has 3 heteroatoms. The lowest BCUT2D eigenvalue weighted by Crippen LogP contribution is -2.15. The van der Waals surface area contributed by atoms with Gasteiger partial charge in [0.15, 0.2) is 0 Å². The molecule has 0 fully saturated rings. The third kappa shape index (κ3) is 4.19. The molecule has 1 aromatic heterocycles. The Labute approximate surface area is 98.0 Å². The third-order valence-corrected chi connectivity index (χ3v) is 2.41. The zero-order valence-electron chi connectivity index (χ0n) is 10.6. The van der Waals surface area contributed by atoms with Crippen molar-refractivity contribution in [1.29, 1.82) is 0 Å². The second-order valence-corrected chi connectivity index (χ2v) is 4.77. The van der Waals surface area contributed by atoms with Crippen LogP contribution in [-0.2, 0) is 0 Å². The summed E-state index contributed by atoms with van der Waals surface area (Å²) in [6.45, 7) is 8.40. The van der Waals surface area contributed by atoms with Crippen LogP contribution in [0.2, 0.25) is 0 Å². The van der Waals surface area contributed by atoms with Gasteiger partial charge < -0.3 is 10.5 Å². The monoisotopic (exact) mass is 222 g/mol. The van der Waals surface area contributed by atoms with E-state index in [4.69, 9.17) is 10.5 Å². The van der Waals surface area contributed by atoms with E-state index in [0.29, 0.717) is 11.8 Å². The van der Waals surface area contributed by atoms with Crippen LogP contribution in [0.15, 0.2) is 18.3 Å². The molecular weight excluding hydrogens is 200 g/mol. The lowest BCUT2D eigenvalue weighted by atomic mass is 10.1. The van der Waals surface area contributed by atoms with Gasteiger partial charge in [-0.25, -0.2) is 4.98 Å². The average Bonchev–Trinajstić information content (AvgIpc) is 2.16. The second-order valence-electron chi connectivity index (χ2n) is 4.77. The van der Waals surface area contributed by atoms with E-state index in [9.17, 15) is 0 Å². The normalized spacial score (nSPS) is 14.9. The van der Waals surface area contributed by atoms with E-state index < -0.39 is 0 Å². The first-order valence-electron chi connectivity index (χ1n) is 5.87. The van der Waals surface area contributed by atoms with E-state index in [1.807, 2.05) is 19.1 Å². The number of hydrogen-bond donors (Lipinski definition) is 1. The van der Waals surface area contributed by atoms with Crippen LogP contribution in [0, 0.1) is 5.92 Å². The zero-order chi connectivity index (χ0) is 12.1. The number of hydrogen-bond acceptors (Lipinski definition) is 3. The van der Waals surface area contributed by atoms with Crippen molar-refractivity contribution >= 4 is 0 Å². The van der Waals surface area contributed by atoms with E-state index in [0.717, 1.165) is 12.0 Å². The smallest absolute Gasteiger partial charge is 0.213 e. The summed E-state index contributed by atoms with van der Waals surface area (Å²) in [7, 11) is 0. The van der Waals surface area contributed by atoms with Crippen molar-refractivity contribution in [2.24, 2.45) is 11.7 Å². The molecule has 2 atom stereocenters. The molecule has 0 aliphatic carbocycles. The summed E-state index contributed by atoms with van der Waals surface area (Å²) in [5.74, 6) is 1.30. The van der Waals surface area contributed by atoms with Crippen LogP contribution in [0.5, 0.6) is 5.88 Å². The fourth-order valence-electron chi connectivity index (χ4n) is 1.69. The van der Waals surface area contributed by atoms with E-state index in [1.54, 1.807) is 6.20 Å². The topological polar surface area (TPSA) is 48.1 Å². The molecule has 0 aliphatic heterocycles. The first-order chi connectivity index (χ1) is 7.49. The molecular formula is C13H22N2O. The van der Waals surface area contributed by atoms with Crippen LogP contribution in [-0.4, -0.2) is 11.1 Å². The second kappa shape index (κ2) is 5.85. The average molecular weight is 222 g/mol. The fraction of sp³-hybridized carbons (Fsp3) is 0.615. The lowest BCUT2D eigenvalue weighted by Gasteiger charge is -2.16. The number of aromatic nitrogens is 1. The highest BCUT2D eigenvalue weighted by atomic mass is 16.5.